The number of aliphatic hydroxyl groups excluding tert-OH is 1. The van der Waals surface area contributed by atoms with E-state index in [4.69, 9.17) is 0 Å². The normalized spacial score (nSPS) is 12.3. The number of hydrogen-bond acceptors (Lipinski definition) is 3. The summed E-state index contributed by atoms with van der Waals surface area (Å²) in [4.78, 5) is 13.8. The van der Waals surface area contributed by atoms with Crippen molar-refractivity contribution in [2.75, 3.05) is 18.0 Å². The number of nitrogens with zero attached hydrogens (tertiary/aromatic N) is 1. The van der Waals surface area contributed by atoms with Crippen LogP contribution in [-0.4, -0.2) is 30.1 Å². The number of hydrogen-bond donors (Lipinski definition) is 2. The maximum absolute atomic E-state index is 11.8. The third kappa shape index (κ3) is 4.91. The Morgan fingerprint density at radius 1 is 1.26 bits per heavy atom. The van der Waals surface area contributed by atoms with Gasteiger partial charge in [-0.1, -0.05) is 12.1 Å². The van der Waals surface area contributed by atoms with E-state index < -0.39 is 6.10 Å². The summed E-state index contributed by atoms with van der Waals surface area (Å²) in [5.41, 5.74) is 1.87. The Kier molecular flexibility index (Phi) is 5.83. The Hall–Kier alpha value is -1.55. The second kappa shape index (κ2) is 7.14. The number of amides is 1. The van der Waals surface area contributed by atoms with E-state index in [1.54, 1.807) is 6.92 Å². The van der Waals surface area contributed by atoms with E-state index in [1.165, 1.54) is 0 Å². The first-order valence-corrected chi connectivity index (χ1v) is 6.76. The molecule has 0 aliphatic carbocycles. The van der Waals surface area contributed by atoms with Crippen LogP contribution in [-0.2, 0) is 4.79 Å². The van der Waals surface area contributed by atoms with Gasteiger partial charge in [0.05, 0.1) is 12.6 Å². The molecule has 0 radical (unpaired) electrons. The van der Waals surface area contributed by atoms with Crippen LogP contribution < -0.4 is 10.2 Å². The van der Waals surface area contributed by atoms with Gasteiger partial charge in [-0.05, 0) is 45.4 Å². The number of carbonyl (C=O) groups excluding carboxylic acids is 1. The predicted molar refractivity (Wildman–Crippen MR) is 78.2 cm³/mol. The van der Waals surface area contributed by atoms with E-state index in [-0.39, 0.29) is 11.9 Å². The van der Waals surface area contributed by atoms with Gasteiger partial charge >= 0.3 is 0 Å². The SMILES string of the molecule is CCN(CC(=O)NC(C)C)c1ccc([C@@H](C)O)cc1. The summed E-state index contributed by atoms with van der Waals surface area (Å²) in [5.74, 6) is 0.0245. The van der Waals surface area contributed by atoms with Crippen molar-refractivity contribution in [1.82, 2.24) is 5.32 Å². The summed E-state index contributed by atoms with van der Waals surface area (Å²) < 4.78 is 0. The quantitative estimate of drug-likeness (QED) is 0.827. The van der Waals surface area contributed by atoms with Crippen LogP contribution in [0.1, 0.15) is 39.4 Å². The molecular weight excluding hydrogens is 240 g/mol. The van der Waals surface area contributed by atoms with Crippen LogP contribution in [0.2, 0.25) is 0 Å². The fourth-order valence-corrected chi connectivity index (χ4v) is 1.89. The van der Waals surface area contributed by atoms with Gasteiger partial charge in [-0.25, -0.2) is 0 Å². The Morgan fingerprint density at radius 3 is 2.26 bits per heavy atom. The lowest BCUT2D eigenvalue weighted by atomic mass is 10.1. The summed E-state index contributed by atoms with van der Waals surface area (Å²) in [6.07, 6.45) is -0.464. The Bertz CT molecular complexity index is 399. The van der Waals surface area contributed by atoms with Crippen LogP contribution in [0.5, 0.6) is 0 Å². The monoisotopic (exact) mass is 264 g/mol. The van der Waals surface area contributed by atoms with Crippen molar-refractivity contribution in [3.63, 3.8) is 0 Å². The number of nitrogens with one attached hydrogen (secondary N) is 1. The van der Waals surface area contributed by atoms with Gasteiger partial charge < -0.3 is 15.3 Å². The number of likely N-dealkylation sites (N-methyl/N-ethyl adjacent to an activating group) is 1. The van der Waals surface area contributed by atoms with E-state index in [0.717, 1.165) is 17.8 Å². The average Bonchev–Trinajstić information content (AvgIpc) is 2.35. The molecule has 1 aromatic rings. The molecule has 1 aromatic carbocycles. The zero-order valence-electron chi connectivity index (χ0n) is 12.2. The highest BCUT2D eigenvalue weighted by atomic mass is 16.3. The second-order valence-electron chi connectivity index (χ2n) is 5.00. The van der Waals surface area contributed by atoms with Crippen LogP contribution in [0.4, 0.5) is 5.69 Å². The number of carbonyl (C=O) groups is 1. The van der Waals surface area contributed by atoms with Crippen LogP contribution in [0.15, 0.2) is 24.3 Å². The summed E-state index contributed by atoms with van der Waals surface area (Å²) in [6.45, 7) is 8.77. The molecule has 0 aromatic heterocycles. The highest BCUT2D eigenvalue weighted by Crippen LogP contribution is 2.18. The minimum absolute atomic E-state index is 0.0245. The molecule has 2 N–H and O–H groups in total. The van der Waals surface area contributed by atoms with E-state index in [2.05, 4.69) is 5.32 Å². The topological polar surface area (TPSA) is 52.6 Å². The van der Waals surface area contributed by atoms with E-state index >= 15 is 0 Å². The van der Waals surface area contributed by atoms with E-state index in [9.17, 15) is 9.90 Å². The summed E-state index contributed by atoms with van der Waals surface area (Å²) in [6, 6.07) is 7.82. The number of anilines is 1. The third-order valence-corrected chi connectivity index (χ3v) is 2.91. The van der Waals surface area contributed by atoms with Crippen LogP contribution in [0.3, 0.4) is 0 Å². The van der Waals surface area contributed by atoms with E-state index in [1.807, 2.05) is 49.9 Å². The van der Waals surface area contributed by atoms with Crippen molar-refractivity contribution in [1.29, 1.82) is 0 Å². The molecule has 106 valence electrons. The molecule has 19 heavy (non-hydrogen) atoms. The fraction of sp³-hybridized carbons (Fsp3) is 0.533. The molecule has 0 heterocycles. The van der Waals surface area contributed by atoms with Gasteiger partial charge in [0.2, 0.25) is 5.91 Å². The predicted octanol–water partition coefficient (Wildman–Crippen LogP) is 2.09. The van der Waals surface area contributed by atoms with Crippen molar-refractivity contribution in [2.45, 2.75) is 39.8 Å². The number of aliphatic hydroxyl groups is 1. The van der Waals surface area contributed by atoms with Crippen molar-refractivity contribution >= 4 is 11.6 Å². The molecule has 0 saturated heterocycles. The average molecular weight is 264 g/mol. The summed E-state index contributed by atoms with van der Waals surface area (Å²) in [5, 5.41) is 12.4. The maximum Gasteiger partial charge on any atom is 0.239 e. The molecule has 4 nitrogen and oxygen atoms in total. The van der Waals surface area contributed by atoms with Gasteiger partial charge in [-0.3, -0.25) is 4.79 Å². The maximum atomic E-state index is 11.8. The molecule has 1 atom stereocenters. The molecule has 0 bridgehead atoms. The van der Waals surface area contributed by atoms with Gasteiger partial charge in [0.25, 0.3) is 0 Å². The van der Waals surface area contributed by atoms with Crippen LogP contribution in [0.25, 0.3) is 0 Å². The molecule has 0 saturated carbocycles. The van der Waals surface area contributed by atoms with Crippen LogP contribution >= 0.6 is 0 Å². The number of benzene rings is 1. The first kappa shape index (κ1) is 15.5. The van der Waals surface area contributed by atoms with Gasteiger partial charge in [-0.15, -0.1) is 0 Å². The highest BCUT2D eigenvalue weighted by molar-refractivity contribution is 5.81. The standard InChI is InChI=1S/C15H24N2O2/c1-5-17(10-15(19)16-11(2)3)14-8-6-13(7-9-14)12(4)18/h6-9,11-12,18H,5,10H2,1-4H3,(H,16,19)/t12-/m1/s1. The molecule has 1 amide bonds. The van der Waals surface area contributed by atoms with Crippen molar-refractivity contribution < 1.29 is 9.90 Å². The molecule has 0 fully saturated rings. The zero-order chi connectivity index (χ0) is 14.4. The molecule has 1 rings (SSSR count). The number of rotatable bonds is 6. The molecule has 0 spiro atoms. The molecular formula is C15H24N2O2. The smallest absolute Gasteiger partial charge is 0.239 e. The fourth-order valence-electron chi connectivity index (χ4n) is 1.89. The summed E-state index contributed by atoms with van der Waals surface area (Å²) >= 11 is 0. The largest absolute Gasteiger partial charge is 0.389 e. The lowest BCUT2D eigenvalue weighted by molar-refractivity contribution is -0.120. The second-order valence-corrected chi connectivity index (χ2v) is 5.00. The Balaban J connectivity index is 2.71. The first-order chi connectivity index (χ1) is 8.93. The highest BCUT2D eigenvalue weighted by Gasteiger charge is 2.11. The van der Waals surface area contributed by atoms with Crippen molar-refractivity contribution in [2.24, 2.45) is 0 Å². The van der Waals surface area contributed by atoms with Crippen molar-refractivity contribution in [3.8, 4) is 0 Å². The Morgan fingerprint density at radius 2 is 1.84 bits per heavy atom. The zero-order valence-corrected chi connectivity index (χ0v) is 12.2. The lowest BCUT2D eigenvalue weighted by Crippen LogP contribution is -2.40. The van der Waals surface area contributed by atoms with Crippen molar-refractivity contribution in [3.05, 3.63) is 29.8 Å². The minimum atomic E-state index is -0.464. The van der Waals surface area contributed by atoms with Gasteiger partial charge in [0.15, 0.2) is 0 Å². The van der Waals surface area contributed by atoms with Gasteiger partial charge in [0.1, 0.15) is 0 Å². The third-order valence-electron chi connectivity index (χ3n) is 2.91. The molecule has 0 aliphatic rings. The molecule has 4 heteroatoms. The summed E-state index contributed by atoms with van der Waals surface area (Å²) in [7, 11) is 0. The Labute approximate surface area is 115 Å². The van der Waals surface area contributed by atoms with Crippen LogP contribution in [0, 0.1) is 0 Å². The van der Waals surface area contributed by atoms with Gasteiger partial charge in [0, 0.05) is 18.3 Å². The molecule has 0 aliphatic heterocycles. The lowest BCUT2D eigenvalue weighted by Gasteiger charge is -2.23. The molecule has 0 unspecified atom stereocenters. The minimum Gasteiger partial charge on any atom is -0.389 e. The van der Waals surface area contributed by atoms with Gasteiger partial charge in [-0.2, -0.15) is 0 Å². The van der Waals surface area contributed by atoms with E-state index in [0.29, 0.717) is 6.54 Å². The first-order valence-electron chi connectivity index (χ1n) is 6.76.